The Morgan fingerprint density at radius 3 is 2.44 bits per heavy atom. The summed E-state index contributed by atoms with van der Waals surface area (Å²) in [7, 11) is 1.71. The number of benzene rings is 1. The summed E-state index contributed by atoms with van der Waals surface area (Å²) in [5, 5.41) is 16.1. The molecule has 1 fully saturated rings. The zero-order chi connectivity index (χ0) is 18.1. The number of ketones is 1. The van der Waals surface area contributed by atoms with Crippen molar-refractivity contribution < 1.29 is 9.72 Å². The Morgan fingerprint density at radius 1 is 1.28 bits per heavy atom. The monoisotopic (exact) mass is 362 g/mol. The molecule has 25 heavy (non-hydrogen) atoms. The van der Waals surface area contributed by atoms with Gasteiger partial charge in [0.25, 0.3) is 0 Å². The van der Waals surface area contributed by atoms with Gasteiger partial charge in [0.15, 0.2) is 5.78 Å². The third kappa shape index (κ3) is 3.37. The summed E-state index contributed by atoms with van der Waals surface area (Å²) < 4.78 is 1.55. The van der Waals surface area contributed by atoms with Gasteiger partial charge in [0.1, 0.15) is 5.69 Å². The van der Waals surface area contributed by atoms with Crippen LogP contribution < -0.4 is 4.90 Å². The Labute approximate surface area is 150 Å². The van der Waals surface area contributed by atoms with E-state index in [1.54, 1.807) is 42.9 Å². The van der Waals surface area contributed by atoms with Crippen LogP contribution in [0.15, 0.2) is 24.3 Å². The molecule has 1 aromatic heterocycles. The Hall–Kier alpha value is -2.41. The molecular weight excluding hydrogens is 344 g/mol. The van der Waals surface area contributed by atoms with Gasteiger partial charge in [-0.15, -0.1) is 0 Å². The molecule has 132 valence electrons. The molecule has 1 aliphatic rings. The van der Waals surface area contributed by atoms with Gasteiger partial charge in [-0.3, -0.25) is 14.9 Å². The summed E-state index contributed by atoms with van der Waals surface area (Å²) in [4.78, 5) is 25.5. The van der Waals surface area contributed by atoms with Crippen LogP contribution in [-0.2, 0) is 7.05 Å². The summed E-state index contributed by atoms with van der Waals surface area (Å²) in [6.45, 7) is 2.81. The van der Waals surface area contributed by atoms with Crippen LogP contribution in [0.25, 0.3) is 0 Å². The molecule has 7 nitrogen and oxygen atoms in total. The van der Waals surface area contributed by atoms with Crippen molar-refractivity contribution >= 4 is 28.9 Å². The van der Waals surface area contributed by atoms with E-state index < -0.39 is 0 Å². The quantitative estimate of drug-likeness (QED) is 0.473. The Morgan fingerprint density at radius 2 is 1.88 bits per heavy atom. The molecule has 0 amide bonds. The summed E-state index contributed by atoms with van der Waals surface area (Å²) in [5.74, 6) is 0.540. The highest BCUT2D eigenvalue weighted by Gasteiger charge is 2.32. The zero-order valence-corrected chi connectivity index (χ0v) is 14.9. The largest absolute Gasteiger partial charge is 0.351 e. The van der Waals surface area contributed by atoms with Crippen LogP contribution >= 0.6 is 11.6 Å². The lowest BCUT2D eigenvalue weighted by molar-refractivity contribution is -0.384. The molecular formula is C17H19ClN4O3. The lowest BCUT2D eigenvalue weighted by atomic mass is 9.89. The van der Waals surface area contributed by atoms with Gasteiger partial charge in [0.2, 0.25) is 5.82 Å². The van der Waals surface area contributed by atoms with Gasteiger partial charge in [-0.05, 0) is 44.0 Å². The van der Waals surface area contributed by atoms with E-state index in [2.05, 4.69) is 5.10 Å². The molecule has 0 atom stereocenters. The van der Waals surface area contributed by atoms with Crippen LogP contribution in [0.4, 0.5) is 11.5 Å². The molecule has 0 unspecified atom stereocenters. The van der Waals surface area contributed by atoms with Gasteiger partial charge >= 0.3 is 5.69 Å². The Bertz CT molecular complexity index is 808. The lowest BCUT2D eigenvalue weighted by Crippen LogP contribution is -2.37. The second-order valence-electron chi connectivity index (χ2n) is 6.27. The predicted octanol–water partition coefficient (Wildman–Crippen LogP) is 3.39. The summed E-state index contributed by atoms with van der Waals surface area (Å²) in [6, 6.07) is 6.91. The number of hydrogen-bond donors (Lipinski definition) is 0. The van der Waals surface area contributed by atoms with Crippen molar-refractivity contribution in [3.05, 3.63) is 50.7 Å². The number of nitro groups is 1. The predicted molar refractivity (Wildman–Crippen MR) is 95.3 cm³/mol. The SMILES string of the molecule is Cc1nn(C)c(N2CCC(C(=O)c3ccc(Cl)cc3)CC2)c1[N+](=O)[O-]. The first-order chi connectivity index (χ1) is 11.9. The standard InChI is InChI=1S/C17H19ClN4O3/c1-11-15(22(24)25)17(20(2)19-11)21-9-7-13(8-10-21)16(23)12-3-5-14(18)6-4-12/h3-6,13H,7-10H2,1-2H3. The number of aromatic nitrogens is 2. The average Bonchev–Trinajstić information content (AvgIpc) is 2.89. The van der Waals surface area contributed by atoms with Gasteiger partial charge in [0, 0.05) is 36.6 Å². The minimum absolute atomic E-state index is 0.0463. The van der Waals surface area contributed by atoms with Crippen LogP contribution in [0.2, 0.25) is 5.02 Å². The highest BCUT2D eigenvalue weighted by atomic mass is 35.5. The first-order valence-corrected chi connectivity index (χ1v) is 8.49. The molecule has 0 N–H and O–H groups in total. The van der Waals surface area contributed by atoms with Crippen LogP contribution in [0.3, 0.4) is 0 Å². The van der Waals surface area contributed by atoms with E-state index in [1.807, 2.05) is 4.90 Å². The van der Waals surface area contributed by atoms with E-state index >= 15 is 0 Å². The maximum Gasteiger partial charge on any atom is 0.333 e. The first kappa shape index (κ1) is 17.4. The van der Waals surface area contributed by atoms with Crippen molar-refractivity contribution in [2.75, 3.05) is 18.0 Å². The van der Waals surface area contributed by atoms with Crippen molar-refractivity contribution in [2.24, 2.45) is 13.0 Å². The molecule has 1 aliphatic heterocycles. The number of nitrogens with zero attached hydrogens (tertiary/aromatic N) is 4. The maximum absolute atomic E-state index is 12.6. The molecule has 3 rings (SSSR count). The van der Waals surface area contributed by atoms with Crippen molar-refractivity contribution in [2.45, 2.75) is 19.8 Å². The molecule has 0 aliphatic carbocycles. The number of Topliss-reactive ketones (excluding diaryl/α,β-unsaturated/α-hetero) is 1. The van der Waals surface area contributed by atoms with Crippen molar-refractivity contribution in [1.29, 1.82) is 0 Å². The van der Waals surface area contributed by atoms with Crippen LogP contribution in [0, 0.1) is 23.0 Å². The molecule has 0 radical (unpaired) electrons. The molecule has 1 saturated heterocycles. The van der Waals surface area contributed by atoms with Gasteiger partial charge in [-0.1, -0.05) is 11.6 Å². The number of aryl methyl sites for hydroxylation is 2. The number of piperidine rings is 1. The Kier molecular flexibility index (Phi) is 4.76. The smallest absolute Gasteiger partial charge is 0.333 e. The van der Waals surface area contributed by atoms with Gasteiger partial charge in [-0.25, -0.2) is 4.68 Å². The molecule has 0 spiro atoms. The fourth-order valence-corrected chi connectivity index (χ4v) is 3.53. The van der Waals surface area contributed by atoms with Crippen molar-refractivity contribution in [3.8, 4) is 0 Å². The number of anilines is 1. The third-order valence-corrected chi connectivity index (χ3v) is 4.89. The van der Waals surface area contributed by atoms with E-state index in [0.717, 1.165) is 0 Å². The molecule has 2 aromatic rings. The Balaban J connectivity index is 1.73. The molecule has 0 saturated carbocycles. The number of halogens is 1. The number of hydrogen-bond acceptors (Lipinski definition) is 5. The fourth-order valence-electron chi connectivity index (χ4n) is 3.41. The number of rotatable bonds is 4. The van der Waals surface area contributed by atoms with Gasteiger partial charge < -0.3 is 4.90 Å². The van der Waals surface area contributed by atoms with E-state index in [9.17, 15) is 14.9 Å². The van der Waals surface area contributed by atoms with Crippen LogP contribution in [0.5, 0.6) is 0 Å². The van der Waals surface area contributed by atoms with E-state index in [0.29, 0.717) is 48.0 Å². The van der Waals surface area contributed by atoms with Crippen molar-refractivity contribution in [3.63, 3.8) is 0 Å². The number of carbonyl (C=O) groups is 1. The van der Waals surface area contributed by atoms with E-state index in [1.165, 1.54) is 0 Å². The summed E-state index contributed by atoms with van der Waals surface area (Å²) in [6.07, 6.45) is 1.31. The number of carbonyl (C=O) groups excluding carboxylic acids is 1. The zero-order valence-electron chi connectivity index (χ0n) is 14.1. The third-order valence-electron chi connectivity index (χ3n) is 4.64. The fraction of sp³-hybridized carbons (Fsp3) is 0.412. The normalized spacial score (nSPS) is 15.4. The molecule has 1 aromatic carbocycles. The minimum Gasteiger partial charge on any atom is -0.351 e. The highest BCUT2D eigenvalue weighted by Crippen LogP contribution is 2.34. The molecule has 8 heteroatoms. The molecule has 2 heterocycles. The van der Waals surface area contributed by atoms with Gasteiger partial charge in [0.05, 0.1) is 4.92 Å². The second kappa shape index (κ2) is 6.84. The average molecular weight is 363 g/mol. The summed E-state index contributed by atoms with van der Waals surface area (Å²) in [5.41, 5.74) is 1.11. The first-order valence-electron chi connectivity index (χ1n) is 8.11. The van der Waals surface area contributed by atoms with Crippen LogP contribution in [0.1, 0.15) is 28.9 Å². The van der Waals surface area contributed by atoms with E-state index in [4.69, 9.17) is 11.6 Å². The molecule has 0 bridgehead atoms. The van der Waals surface area contributed by atoms with E-state index in [-0.39, 0.29) is 22.3 Å². The summed E-state index contributed by atoms with van der Waals surface area (Å²) >= 11 is 5.86. The maximum atomic E-state index is 12.6. The second-order valence-corrected chi connectivity index (χ2v) is 6.71. The van der Waals surface area contributed by atoms with Crippen molar-refractivity contribution in [1.82, 2.24) is 9.78 Å². The lowest BCUT2D eigenvalue weighted by Gasteiger charge is -2.32. The minimum atomic E-state index is -0.386. The topological polar surface area (TPSA) is 81.3 Å². The highest BCUT2D eigenvalue weighted by molar-refractivity contribution is 6.30. The van der Waals surface area contributed by atoms with Gasteiger partial charge in [-0.2, -0.15) is 5.10 Å². The van der Waals surface area contributed by atoms with Crippen LogP contribution in [-0.4, -0.2) is 33.6 Å².